The van der Waals surface area contributed by atoms with E-state index in [1.54, 1.807) is 7.11 Å². The van der Waals surface area contributed by atoms with E-state index in [2.05, 4.69) is 22.2 Å². The molecule has 2 heterocycles. The molecule has 0 fully saturated rings. The summed E-state index contributed by atoms with van der Waals surface area (Å²) in [6.45, 7) is 3.44. The van der Waals surface area contributed by atoms with Crippen LogP contribution in [0.25, 0.3) is 10.2 Å². The first-order valence-electron chi connectivity index (χ1n) is 6.37. The van der Waals surface area contributed by atoms with Gasteiger partial charge in [-0.2, -0.15) is 0 Å². The lowest BCUT2D eigenvalue weighted by Gasteiger charge is -2.07. The van der Waals surface area contributed by atoms with E-state index < -0.39 is 0 Å². The molecule has 0 aliphatic heterocycles. The van der Waals surface area contributed by atoms with Crippen molar-refractivity contribution < 1.29 is 4.74 Å². The topological polar surface area (TPSA) is 47.0 Å². The molecule has 0 bridgehead atoms. The molecular weight excluding hydrogens is 246 g/mol. The maximum Gasteiger partial charge on any atom is 0.158 e. The fourth-order valence-electron chi connectivity index (χ4n) is 2.53. The van der Waals surface area contributed by atoms with Crippen molar-refractivity contribution in [1.82, 2.24) is 9.97 Å². The zero-order chi connectivity index (χ0) is 12.5. The van der Waals surface area contributed by atoms with E-state index in [0.717, 1.165) is 23.0 Å². The van der Waals surface area contributed by atoms with Crippen LogP contribution in [0.1, 0.15) is 29.6 Å². The van der Waals surface area contributed by atoms with Gasteiger partial charge in [0.25, 0.3) is 0 Å². The van der Waals surface area contributed by atoms with Crippen LogP contribution < -0.4 is 5.32 Å². The van der Waals surface area contributed by atoms with Crippen molar-refractivity contribution in [2.24, 2.45) is 0 Å². The van der Waals surface area contributed by atoms with Gasteiger partial charge in [0.2, 0.25) is 0 Å². The summed E-state index contributed by atoms with van der Waals surface area (Å²) in [7, 11) is 1.68. The molecule has 2 aromatic heterocycles. The van der Waals surface area contributed by atoms with Crippen LogP contribution in [-0.4, -0.2) is 23.6 Å². The molecule has 1 N–H and O–H groups in total. The second kappa shape index (κ2) is 4.82. The van der Waals surface area contributed by atoms with Crippen molar-refractivity contribution in [2.45, 2.75) is 32.8 Å². The van der Waals surface area contributed by atoms with Gasteiger partial charge < -0.3 is 10.1 Å². The zero-order valence-electron chi connectivity index (χ0n) is 10.7. The minimum Gasteiger partial charge on any atom is -0.377 e. The van der Waals surface area contributed by atoms with E-state index in [1.807, 2.05) is 11.3 Å². The number of nitrogens with zero attached hydrogens (tertiary/aromatic N) is 2. The van der Waals surface area contributed by atoms with Crippen LogP contribution in [0, 0.1) is 0 Å². The van der Waals surface area contributed by atoms with E-state index >= 15 is 0 Å². The summed E-state index contributed by atoms with van der Waals surface area (Å²) < 4.78 is 5.14. The maximum absolute atomic E-state index is 5.14. The van der Waals surface area contributed by atoms with Gasteiger partial charge in [0.15, 0.2) is 5.82 Å². The van der Waals surface area contributed by atoms with Crippen molar-refractivity contribution in [1.29, 1.82) is 0 Å². The number of hydrogen-bond acceptors (Lipinski definition) is 5. The Bertz CT molecular complexity index is 579. The predicted molar refractivity (Wildman–Crippen MR) is 74.3 cm³/mol. The number of methoxy groups -OCH3 is 1. The van der Waals surface area contributed by atoms with E-state index in [1.165, 1.54) is 35.1 Å². The van der Waals surface area contributed by atoms with Gasteiger partial charge in [0, 0.05) is 18.5 Å². The molecule has 0 unspecified atom stereocenters. The molecule has 5 heteroatoms. The number of rotatable bonds is 4. The Morgan fingerprint density at radius 3 is 3.00 bits per heavy atom. The van der Waals surface area contributed by atoms with Crippen molar-refractivity contribution in [3.8, 4) is 0 Å². The third-order valence-electron chi connectivity index (χ3n) is 3.23. The minimum absolute atomic E-state index is 0.469. The molecule has 0 saturated carbocycles. The summed E-state index contributed by atoms with van der Waals surface area (Å²) >= 11 is 1.82. The van der Waals surface area contributed by atoms with Gasteiger partial charge in [0.05, 0.1) is 5.39 Å². The molecule has 3 rings (SSSR count). The Hall–Kier alpha value is -1.20. The molecule has 96 valence electrons. The molecular formula is C13H17N3OS. The molecule has 0 atom stereocenters. The second-order valence-electron chi connectivity index (χ2n) is 4.49. The number of ether oxygens (including phenoxy) is 1. The zero-order valence-corrected chi connectivity index (χ0v) is 11.6. The lowest BCUT2D eigenvalue weighted by atomic mass is 10.2. The molecule has 0 amide bonds. The van der Waals surface area contributed by atoms with Crippen LogP contribution in [0.5, 0.6) is 0 Å². The Labute approximate surface area is 110 Å². The first-order valence-corrected chi connectivity index (χ1v) is 7.19. The van der Waals surface area contributed by atoms with Crippen LogP contribution in [0.15, 0.2) is 0 Å². The predicted octanol–water partition coefficient (Wildman–Crippen LogP) is 2.76. The maximum atomic E-state index is 5.14. The molecule has 0 spiro atoms. The molecule has 1 aliphatic carbocycles. The Kier molecular flexibility index (Phi) is 3.18. The average Bonchev–Trinajstić information content (AvgIpc) is 2.89. The number of aromatic nitrogens is 2. The Balaban J connectivity index is 2.18. The van der Waals surface area contributed by atoms with Gasteiger partial charge in [-0.3, -0.25) is 0 Å². The summed E-state index contributed by atoms with van der Waals surface area (Å²) in [5.41, 5.74) is 1.47. The summed E-state index contributed by atoms with van der Waals surface area (Å²) in [6, 6.07) is 0. The molecule has 0 aromatic carbocycles. The van der Waals surface area contributed by atoms with Crippen LogP contribution in [-0.2, 0) is 24.2 Å². The number of thiophene rings is 1. The van der Waals surface area contributed by atoms with Crippen LogP contribution in [0.4, 0.5) is 5.82 Å². The first-order chi connectivity index (χ1) is 8.83. The highest BCUT2D eigenvalue weighted by molar-refractivity contribution is 7.19. The largest absolute Gasteiger partial charge is 0.377 e. The van der Waals surface area contributed by atoms with Gasteiger partial charge in [-0.15, -0.1) is 11.3 Å². The summed E-state index contributed by atoms with van der Waals surface area (Å²) in [6.07, 6.45) is 3.63. The highest BCUT2D eigenvalue weighted by Crippen LogP contribution is 2.39. The van der Waals surface area contributed by atoms with E-state index in [9.17, 15) is 0 Å². The van der Waals surface area contributed by atoms with Gasteiger partial charge in [-0.05, 0) is 31.7 Å². The Morgan fingerprint density at radius 2 is 2.22 bits per heavy atom. The van der Waals surface area contributed by atoms with Crippen molar-refractivity contribution in [3.05, 3.63) is 16.3 Å². The van der Waals surface area contributed by atoms with Gasteiger partial charge >= 0.3 is 0 Å². The van der Waals surface area contributed by atoms with Gasteiger partial charge in [-0.1, -0.05) is 0 Å². The quantitative estimate of drug-likeness (QED) is 0.921. The fraction of sp³-hybridized carbons (Fsp3) is 0.538. The van der Waals surface area contributed by atoms with Gasteiger partial charge in [-0.25, -0.2) is 9.97 Å². The number of aryl methyl sites for hydroxylation is 2. The second-order valence-corrected chi connectivity index (χ2v) is 5.57. The van der Waals surface area contributed by atoms with Crippen LogP contribution in [0.3, 0.4) is 0 Å². The number of nitrogens with one attached hydrogen (secondary N) is 1. The molecule has 2 aromatic rings. The molecule has 18 heavy (non-hydrogen) atoms. The molecule has 4 nitrogen and oxygen atoms in total. The summed E-state index contributed by atoms with van der Waals surface area (Å²) in [5, 5.41) is 4.61. The smallest absolute Gasteiger partial charge is 0.158 e. The van der Waals surface area contributed by atoms with Crippen molar-refractivity contribution >= 4 is 27.4 Å². The summed E-state index contributed by atoms with van der Waals surface area (Å²) in [5.74, 6) is 1.75. The number of hydrogen-bond donors (Lipinski definition) is 1. The average molecular weight is 263 g/mol. The standard InChI is InChI=1S/C13H17N3OS/c1-3-14-12-11-8-5-4-6-9(8)18-13(11)16-10(15-12)7-17-2/h3-7H2,1-2H3,(H,14,15,16). The SMILES string of the molecule is CCNc1nc(COC)nc2sc3c(c12)CCC3. The van der Waals surface area contributed by atoms with Crippen molar-refractivity contribution in [2.75, 3.05) is 19.0 Å². The highest BCUT2D eigenvalue weighted by atomic mass is 32.1. The number of fused-ring (bicyclic) bond motifs is 3. The third kappa shape index (κ3) is 1.87. The molecule has 0 saturated heterocycles. The number of anilines is 1. The normalized spacial score (nSPS) is 14.1. The van der Waals surface area contributed by atoms with E-state index in [0.29, 0.717) is 6.61 Å². The van der Waals surface area contributed by atoms with Crippen LogP contribution in [0.2, 0.25) is 0 Å². The van der Waals surface area contributed by atoms with Crippen molar-refractivity contribution in [3.63, 3.8) is 0 Å². The fourth-order valence-corrected chi connectivity index (χ4v) is 3.81. The third-order valence-corrected chi connectivity index (χ3v) is 4.41. The summed E-state index contributed by atoms with van der Waals surface area (Å²) in [4.78, 5) is 11.8. The lowest BCUT2D eigenvalue weighted by molar-refractivity contribution is 0.178. The van der Waals surface area contributed by atoms with E-state index in [-0.39, 0.29) is 0 Å². The highest BCUT2D eigenvalue weighted by Gasteiger charge is 2.21. The first kappa shape index (κ1) is 11.9. The minimum atomic E-state index is 0.469. The van der Waals surface area contributed by atoms with E-state index in [4.69, 9.17) is 4.74 Å². The molecule has 1 aliphatic rings. The van der Waals surface area contributed by atoms with Crippen LogP contribution >= 0.6 is 11.3 Å². The monoisotopic (exact) mass is 263 g/mol. The molecule has 0 radical (unpaired) electrons. The van der Waals surface area contributed by atoms with Gasteiger partial charge in [0.1, 0.15) is 17.3 Å². The lowest BCUT2D eigenvalue weighted by Crippen LogP contribution is -2.05. The Morgan fingerprint density at radius 1 is 1.33 bits per heavy atom.